The van der Waals surface area contributed by atoms with E-state index in [4.69, 9.17) is 10.5 Å². The molecule has 3 atom stereocenters. The van der Waals surface area contributed by atoms with E-state index in [9.17, 15) is 9.59 Å². The van der Waals surface area contributed by atoms with E-state index in [2.05, 4.69) is 10.6 Å². The van der Waals surface area contributed by atoms with Crippen LogP contribution >= 0.6 is 0 Å². The number of nitrogens with two attached hydrogens (primary N) is 1. The van der Waals surface area contributed by atoms with Gasteiger partial charge in [-0.15, -0.1) is 0 Å². The molecule has 0 aliphatic carbocycles. The molecule has 2 amide bonds. The Morgan fingerprint density at radius 3 is 2.44 bits per heavy atom. The first-order valence-electron chi connectivity index (χ1n) is 11.6. The van der Waals surface area contributed by atoms with Crippen LogP contribution in [0.15, 0.2) is 78.9 Å². The van der Waals surface area contributed by atoms with E-state index in [1.807, 2.05) is 78.9 Å². The Morgan fingerprint density at radius 1 is 1.03 bits per heavy atom. The molecule has 0 spiro atoms. The highest BCUT2D eigenvalue weighted by Gasteiger charge is 2.35. The number of ether oxygens (including phenoxy) is 1. The van der Waals surface area contributed by atoms with Gasteiger partial charge in [-0.2, -0.15) is 0 Å². The number of methoxy groups -OCH3 is 1. The number of rotatable bonds is 9. The van der Waals surface area contributed by atoms with E-state index in [0.29, 0.717) is 25.7 Å². The number of aryl methyl sites for hydroxylation is 1. The maximum atomic E-state index is 13.4. The second kappa shape index (κ2) is 11.0. The van der Waals surface area contributed by atoms with Crippen LogP contribution in [0.3, 0.4) is 0 Å². The molecule has 1 aliphatic rings. The summed E-state index contributed by atoms with van der Waals surface area (Å²) in [5.74, 6) is 0.135. The fourth-order valence-corrected chi connectivity index (χ4v) is 4.59. The lowest BCUT2D eigenvalue weighted by Crippen LogP contribution is -2.54. The number of hydrogen-bond donors (Lipinski definition) is 3. The first kappa shape index (κ1) is 23.5. The number of anilines is 1. The summed E-state index contributed by atoms with van der Waals surface area (Å²) < 4.78 is 5.28. The van der Waals surface area contributed by atoms with Gasteiger partial charge in [0.2, 0.25) is 11.8 Å². The summed E-state index contributed by atoms with van der Waals surface area (Å²) in [6, 6.07) is 24.5. The van der Waals surface area contributed by atoms with Crippen LogP contribution in [0.2, 0.25) is 0 Å². The van der Waals surface area contributed by atoms with Crippen molar-refractivity contribution in [3.63, 3.8) is 0 Å². The van der Waals surface area contributed by atoms with Gasteiger partial charge in [0, 0.05) is 5.69 Å². The monoisotopic (exact) mass is 457 g/mol. The summed E-state index contributed by atoms with van der Waals surface area (Å²) in [7, 11) is 1.64. The maximum Gasteiger partial charge on any atom is 0.241 e. The Morgan fingerprint density at radius 2 is 1.74 bits per heavy atom. The minimum atomic E-state index is -0.615. The topological polar surface area (TPSA) is 93.4 Å². The van der Waals surface area contributed by atoms with Gasteiger partial charge < -0.3 is 15.8 Å². The highest BCUT2D eigenvalue weighted by Crippen LogP contribution is 2.28. The fourth-order valence-electron chi connectivity index (χ4n) is 4.59. The van der Waals surface area contributed by atoms with Crippen LogP contribution in [0, 0.1) is 5.92 Å². The largest absolute Gasteiger partial charge is 0.497 e. The lowest BCUT2D eigenvalue weighted by Gasteiger charge is -2.28. The van der Waals surface area contributed by atoms with Gasteiger partial charge in [0.05, 0.1) is 19.2 Å². The second-order valence-electron chi connectivity index (χ2n) is 8.79. The molecule has 1 unspecified atom stereocenters. The Balaban J connectivity index is 1.57. The third-order valence-electron chi connectivity index (χ3n) is 6.46. The van der Waals surface area contributed by atoms with Gasteiger partial charge in [0.25, 0.3) is 0 Å². The van der Waals surface area contributed by atoms with Gasteiger partial charge in [-0.05, 0) is 66.5 Å². The molecule has 1 aliphatic heterocycles. The Bertz CT molecular complexity index is 1120. The van der Waals surface area contributed by atoms with E-state index in [0.717, 1.165) is 28.1 Å². The van der Waals surface area contributed by atoms with E-state index < -0.39 is 18.0 Å². The van der Waals surface area contributed by atoms with Gasteiger partial charge in [0.1, 0.15) is 5.75 Å². The molecule has 4 N–H and O–H groups in total. The smallest absolute Gasteiger partial charge is 0.241 e. The Kier molecular flexibility index (Phi) is 7.60. The fraction of sp³-hybridized carbons (Fsp3) is 0.286. The average molecular weight is 458 g/mol. The van der Waals surface area contributed by atoms with Crippen molar-refractivity contribution in [1.82, 2.24) is 5.32 Å². The zero-order valence-electron chi connectivity index (χ0n) is 19.4. The molecule has 0 saturated carbocycles. The lowest BCUT2D eigenvalue weighted by molar-refractivity contribution is -0.122. The normalized spacial score (nSPS) is 18.3. The van der Waals surface area contributed by atoms with Crippen LogP contribution in [0.5, 0.6) is 5.75 Å². The third kappa shape index (κ3) is 5.83. The molecule has 6 heteroatoms. The zero-order valence-corrected chi connectivity index (χ0v) is 19.4. The molecule has 1 heterocycles. The summed E-state index contributed by atoms with van der Waals surface area (Å²) in [5, 5.41) is 6.38. The molecule has 176 valence electrons. The minimum Gasteiger partial charge on any atom is -0.497 e. The van der Waals surface area contributed by atoms with Gasteiger partial charge in [0.15, 0.2) is 0 Å². The molecule has 6 nitrogen and oxygen atoms in total. The van der Waals surface area contributed by atoms with Crippen LogP contribution in [0.25, 0.3) is 0 Å². The quantitative estimate of drug-likeness (QED) is 0.459. The van der Waals surface area contributed by atoms with Crippen molar-refractivity contribution in [1.29, 1.82) is 0 Å². The van der Waals surface area contributed by atoms with Gasteiger partial charge in [-0.1, -0.05) is 60.7 Å². The molecule has 3 aromatic rings. The van der Waals surface area contributed by atoms with Gasteiger partial charge in [-0.25, -0.2) is 0 Å². The highest BCUT2D eigenvalue weighted by atomic mass is 16.5. The Labute approximate surface area is 200 Å². The van der Waals surface area contributed by atoms with Crippen molar-refractivity contribution in [3.05, 3.63) is 95.6 Å². The number of hydrogen-bond acceptors (Lipinski definition) is 4. The van der Waals surface area contributed by atoms with E-state index in [1.165, 1.54) is 0 Å². The molecule has 0 fully saturated rings. The molecule has 0 radical (unpaired) electrons. The van der Waals surface area contributed by atoms with Crippen molar-refractivity contribution in [2.45, 2.75) is 37.8 Å². The summed E-state index contributed by atoms with van der Waals surface area (Å²) in [6.07, 6.45) is 2.58. The lowest BCUT2D eigenvalue weighted by atomic mass is 9.86. The number of carbonyl (C=O) groups excluding carboxylic acids is 2. The minimum absolute atomic E-state index is 0.0596. The number of primary amides is 1. The number of carbonyl (C=O) groups is 2. The first-order valence-corrected chi connectivity index (χ1v) is 11.6. The first-order chi connectivity index (χ1) is 16.5. The predicted molar refractivity (Wildman–Crippen MR) is 134 cm³/mol. The van der Waals surface area contributed by atoms with Crippen LogP contribution in [0.4, 0.5) is 5.69 Å². The molecule has 3 aromatic carbocycles. The van der Waals surface area contributed by atoms with E-state index >= 15 is 0 Å². The van der Waals surface area contributed by atoms with Crippen molar-refractivity contribution in [2.75, 3.05) is 12.4 Å². The Hall–Kier alpha value is -3.64. The molecule has 4 rings (SSSR count). The number of fused-ring (bicyclic) bond motifs is 1. The molecule has 0 saturated heterocycles. The second-order valence-corrected chi connectivity index (χ2v) is 8.79. The average Bonchev–Trinajstić information content (AvgIpc) is 2.98. The van der Waals surface area contributed by atoms with Crippen molar-refractivity contribution in [3.8, 4) is 5.75 Å². The molecular formula is C28H31N3O3. The van der Waals surface area contributed by atoms with Crippen LogP contribution < -0.4 is 21.1 Å². The third-order valence-corrected chi connectivity index (χ3v) is 6.46. The standard InChI is InChI=1S/C28H31N3O3/c1-34-23-14-11-20(12-15-23)17-22-18-21-9-5-6-10-24(21)31-28(33)26(22)30-25(27(29)32)16-13-19-7-3-2-4-8-19/h2-12,14-15,22,25-26,30H,13,16-18H2,1H3,(H2,29,32)(H,31,33)/t22?,25-,26-/m0/s1. The van der Waals surface area contributed by atoms with Gasteiger partial charge in [-0.3, -0.25) is 14.9 Å². The number of para-hydroxylation sites is 1. The summed E-state index contributed by atoms with van der Waals surface area (Å²) in [5.41, 5.74) is 9.90. The predicted octanol–water partition coefficient (Wildman–Crippen LogP) is 3.49. The van der Waals surface area contributed by atoms with Crippen molar-refractivity contribution >= 4 is 17.5 Å². The molecule has 34 heavy (non-hydrogen) atoms. The van der Waals surface area contributed by atoms with Crippen LogP contribution in [0.1, 0.15) is 23.1 Å². The van der Waals surface area contributed by atoms with Crippen molar-refractivity contribution in [2.24, 2.45) is 11.7 Å². The highest BCUT2D eigenvalue weighted by molar-refractivity contribution is 5.97. The summed E-state index contributed by atoms with van der Waals surface area (Å²) in [4.78, 5) is 25.7. The number of amides is 2. The SMILES string of the molecule is COc1ccc(CC2Cc3ccccc3NC(=O)[C@H]2N[C@@H](CCc2ccccc2)C(N)=O)cc1. The van der Waals surface area contributed by atoms with Gasteiger partial charge >= 0.3 is 0 Å². The number of nitrogens with one attached hydrogen (secondary N) is 2. The summed E-state index contributed by atoms with van der Waals surface area (Å²) in [6.45, 7) is 0. The van der Waals surface area contributed by atoms with Crippen molar-refractivity contribution < 1.29 is 14.3 Å². The molecule has 0 aromatic heterocycles. The van der Waals surface area contributed by atoms with Crippen LogP contribution in [-0.4, -0.2) is 31.0 Å². The van der Waals surface area contributed by atoms with E-state index in [1.54, 1.807) is 7.11 Å². The summed E-state index contributed by atoms with van der Waals surface area (Å²) >= 11 is 0. The zero-order chi connectivity index (χ0) is 23.9. The maximum absolute atomic E-state index is 13.4. The van der Waals surface area contributed by atoms with Crippen LogP contribution in [-0.2, 0) is 28.9 Å². The number of benzene rings is 3. The van der Waals surface area contributed by atoms with E-state index in [-0.39, 0.29) is 11.8 Å². The molecular weight excluding hydrogens is 426 g/mol. The molecule has 0 bridgehead atoms.